The van der Waals surface area contributed by atoms with Crippen LogP contribution in [0.25, 0.3) is 0 Å². The summed E-state index contributed by atoms with van der Waals surface area (Å²) in [6.07, 6.45) is 0.695. The van der Waals surface area contributed by atoms with E-state index in [1.54, 1.807) is 37.4 Å². The summed E-state index contributed by atoms with van der Waals surface area (Å²) < 4.78 is 5.89. The maximum atomic E-state index is 13.0. The number of aryl methyl sites for hydroxylation is 1. The molecule has 2 N–H and O–H groups in total. The minimum atomic E-state index is -0.603. The fraction of sp³-hybridized carbons (Fsp3) is 0.389. The number of nitrogens with one attached hydrogen (secondary N) is 1. The predicted molar refractivity (Wildman–Crippen MR) is 97.4 cm³/mol. The zero-order valence-electron chi connectivity index (χ0n) is 13.9. The SMILES string of the molecule is Cc1nccc([C@H]2[C@H]3O[C@H](C[C@@H]3O)[C@@H]2C(=O)Nc2ccc(Cl)c(Cl)c2)n1. The molecule has 0 aliphatic carbocycles. The Morgan fingerprint density at radius 3 is 2.85 bits per heavy atom. The summed E-state index contributed by atoms with van der Waals surface area (Å²) in [6, 6.07) is 6.70. The van der Waals surface area contributed by atoms with Crippen molar-refractivity contribution in [3.8, 4) is 0 Å². The molecule has 2 aromatic rings. The van der Waals surface area contributed by atoms with E-state index in [1.165, 1.54) is 0 Å². The summed E-state index contributed by atoms with van der Waals surface area (Å²) in [7, 11) is 0. The number of hydrogen-bond donors (Lipinski definition) is 2. The lowest BCUT2D eigenvalue weighted by Gasteiger charge is -2.29. The molecule has 4 rings (SSSR count). The van der Waals surface area contributed by atoms with Crippen LogP contribution < -0.4 is 5.32 Å². The van der Waals surface area contributed by atoms with Gasteiger partial charge in [0.15, 0.2) is 0 Å². The van der Waals surface area contributed by atoms with Crippen molar-refractivity contribution in [1.82, 2.24) is 9.97 Å². The van der Waals surface area contributed by atoms with Gasteiger partial charge in [-0.15, -0.1) is 0 Å². The Morgan fingerprint density at radius 2 is 2.12 bits per heavy atom. The third kappa shape index (κ3) is 3.07. The summed E-state index contributed by atoms with van der Waals surface area (Å²) >= 11 is 11.9. The number of benzene rings is 1. The van der Waals surface area contributed by atoms with E-state index in [0.29, 0.717) is 33.7 Å². The normalized spacial score (nSPS) is 29.8. The van der Waals surface area contributed by atoms with Crippen LogP contribution in [0.5, 0.6) is 0 Å². The number of amides is 1. The highest BCUT2D eigenvalue weighted by molar-refractivity contribution is 6.42. The van der Waals surface area contributed by atoms with E-state index >= 15 is 0 Å². The Kier molecular flexibility index (Phi) is 4.61. The zero-order chi connectivity index (χ0) is 18.4. The summed E-state index contributed by atoms with van der Waals surface area (Å²) in [6.45, 7) is 1.79. The number of carbonyl (C=O) groups is 1. The first kappa shape index (κ1) is 17.7. The first-order chi connectivity index (χ1) is 12.4. The lowest BCUT2D eigenvalue weighted by Crippen LogP contribution is -2.41. The number of anilines is 1. The molecule has 0 unspecified atom stereocenters. The topological polar surface area (TPSA) is 84.3 Å². The number of ether oxygens (including phenoxy) is 1. The van der Waals surface area contributed by atoms with Crippen molar-refractivity contribution in [3.05, 3.63) is 52.0 Å². The lowest BCUT2D eigenvalue weighted by atomic mass is 9.75. The van der Waals surface area contributed by atoms with Crippen LogP contribution in [0.1, 0.15) is 23.9 Å². The minimum absolute atomic E-state index is 0.191. The summed E-state index contributed by atoms with van der Waals surface area (Å²) in [5.41, 5.74) is 1.27. The number of nitrogens with zero attached hydrogens (tertiary/aromatic N) is 2. The van der Waals surface area contributed by atoms with Gasteiger partial charge in [-0.3, -0.25) is 4.79 Å². The standard InChI is InChI=1S/C18H17Cl2N3O3/c1-8-21-5-4-12(22-8)15-16(14-7-13(24)17(15)26-14)18(25)23-9-2-3-10(19)11(20)6-9/h2-6,13-17,24H,7H2,1H3,(H,23,25)/t13-,14+,15+,16-,17-/m0/s1. The molecule has 5 atom stereocenters. The van der Waals surface area contributed by atoms with Gasteiger partial charge in [-0.25, -0.2) is 9.97 Å². The number of fused-ring (bicyclic) bond motifs is 2. The second-order valence-corrected chi connectivity index (χ2v) is 7.46. The van der Waals surface area contributed by atoms with Crippen LogP contribution in [0.2, 0.25) is 10.0 Å². The second kappa shape index (κ2) is 6.78. The Balaban J connectivity index is 1.62. The highest BCUT2D eigenvalue weighted by atomic mass is 35.5. The molecular formula is C18H17Cl2N3O3. The van der Waals surface area contributed by atoms with E-state index in [9.17, 15) is 9.90 Å². The van der Waals surface area contributed by atoms with Gasteiger partial charge < -0.3 is 15.2 Å². The van der Waals surface area contributed by atoms with Crippen LogP contribution in [-0.2, 0) is 9.53 Å². The fourth-order valence-electron chi connectivity index (χ4n) is 3.85. The molecule has 1 amide bonds. The summed E-state index contributed by atoms with van der Waals surface area (Å²) in [5, 5.41) is 13.9. The van der Waals surface area contributed by atoms with Crippen molar-refractivity contribution in [2.75, 3.05) is 5.32 Å². The van der Waals surface area contributed by atoms with E-state index in [2.05, 4.69) is 15.3 Å². The molecule has 2 aliphatic rings. The van der Waals surface area contributed by atoms with Crippen LogP contribution in [0.15, 0.2) is 30.5 Å². The number of halogens is 2. The highest BCUT2D eigenvalue weighted by Gasteiger charge is 2.57. The van der Waals surface area contributed by atoms with Crippen LogP contribution in [0.4, 0.5) is 5.69 Å². The van der Waals surface area contributed by atoms with E-state index in [4.69, 9.17) is 27.9 Å². The fourth-order valence-corrected chi connectivity index (χ4v) is 4.15. The molecule has 3 heterocycles. The molecule has 1 aromatic heterocycles. The van der Waals surface area contributed by atoms with Gasteiger partial charge in [0, 0.05) is 24.2 Å². The quantitative estimate of drug-likeness (QED) is 0.836. The molecule has 0 saturated carbocycles. The molecule has 2 fully saturated rings. The van der Waals surface area contributed by atoms with Gasteiger partial charge in [-0.1, -0.05) is 23.2 Å². The number of carbonyl (C=O) groups excluding carboxylic acids is 1. The van der Waals surface area contributed by atoms with E-state index in [0.717, 1.165) is 0 Å². The van der Waals surface area contributed by atoms with Crippen molar-refractivity contribution in [3.63, 3.8) is 0 Å². The Hall–Kier alpha value is -1.73. The molecule has 6 nitrogen and oxygen atoms in total. The molecule has 2 aliphatic heterocycles. The molecule has 0 spiro atoms. The Labute approximate surface area is 160 Å². The third-order valence-electron chi connectivity index (χ3n) is 4.96. The predicted octanol–water partition coefficient (Wildman–Crippen LogP) is 2.96. The van der Waals surface area contributed by atoms with Crippen LogP contribution in [0, 0.1) is 12.8 Å². The molecule has 8 heteroatoms. The smallest absolute Gasteiger partial charge is 0.230 e. The monoisotopic (exact) mass is 393 g/mol. The number of aliphatic hydroxyl groups is 1. The lowest BCUT2D eigenvalue weighted by molar-refractivity contribution is -0.122. The van der Waals surface area contributed by atoms with Crippen LogP contribution in [0.3, 0.4) is 0 Å². The zero-order valence-corrected chi connectivity index (χ0v) is 15.4. The van der Waals surface area contributed by atoms with E-state index < -0.39 is 18.1 Å². The molecule has 2 saturated heterocycles. The van der Waals surface area contributed by atoms with Gasteiger partial charge in [-0.2, -0.15) is 0 Å². The molecule has 1 aromatic carbocycles. The third-order valence-corrected chi connectivity index (χ3v) is 5.69. The van der Waals surface area contributed by atoms with Gasteiger partial charge in [0.25, 0.3) is 0 Å². The minimum Gasteiger partial charge on any atom is -0.390 e. The first-order valence-electron chi connectivity index (χ1n) is 8.33. The van der Waals surface area contributed by atoms with Gasteiger partial charge in [-0.05, 0) is 31.2 Å². The molecule has 136 valence electrons. The van der Waals surface area contributed by atoms with Crippen LogP contribution in [-0.4, -0.2) is 39.3 Å². The average molecular weight is 394 g/mol. The number of hydrogen-bond acceptors (Lipinski definition) is 5. The molecule has 2 bridgehead atoms. The number of rotatable bonds is 3. The second-order valence-electron chi connectivity index (χ2n) is 6.64. The van der Waals surface area contributed by atoms with Gasteiger partial charge in [0.1, 0.15) is 5.82 Å². The van der Waals surface area contributed by atoms with E-state index in [1.807, 2.05) is 0 Å². The molecule has 26 heavy (non-hydrogen) atoms. The van der Waals surface area contributed by atoms with E-state index in [-0.39, 0.29) is 17.9 Å². The maximum Gasteiger partial charge on any atom is 0.230 e. The average Bonchev–Trinajstić information content (AvgIpc) is 3.15. The van der Waals surface area contributed by atoms with Crippen molar-refractivity contribution in [2.45, 2.75) is 37.6 Å². The van der Waals surface area contributed by atoms with Crippen molar-refractivity contribution in [2.24, 2.45) is 5.92 Å². The van der Waals surface area contributed by atoms with Crippen molar-refractivity contribution in [1.29, 1.82) is 0 Å². The van der Waals surface area contributed by atoms with Crippen LogP contribution >= 0.6 is 23.2 Å². The van der Waals surface area contributed by atoms with Gasteiger partial charge in [0.05, 0.1) is 40.0 Å². The molecular weight excluding hydrogens is 377 g/mol. The van der Waals surface area contributed by atoms with Gasteiger partial charge in [0.2, 0.25) is 5.91 Å². The number of aliphatic hydroxyl groups excluding tert-OH is 1. The molecule has 0 radical (unpaired) electrons. The summed E-state index contributed by atoms with van der Waals surface area (Å²) in [4.78, 5) is 21.5. The highest BCUT2D eigenvalue weighted by Crippen LogP contribution is 2.48. The maximum absolute atomic E-state index is 13.0. The van der Waals surface area contributed by atoms with Gasteiger partial charge >= 0.3 is 0 Å². The van der Waals surface area contributed by atoms with Crippen molar-refractivity contribution < 1.29 is 14.6 Å². The summed E-state index contributed by atoms with van der Waals surface area (Å²) in [5.74, 6) is -0.354. The Bertz CT molecular complexity index is 863. The van der Waals surface area contributed by atoms with Crippen molar-refractivity contribution >= 4 is 34.8 Å². The number of aromatic nitrogens is 2. The Morgan fingerprint density at radius 1 is 1.31 bits per heavy atom. The first-order valence-corrected chi connectivity index (χ1v) is 9.08. The largest absolute Gasteiger partial charge is 0.390 e.